The van der Waals surface area contributed by atoms with Crippen LogP contribution in [-0.4, -0.2) is 5.11 Å². The van der Waals surface area contributed by atoms with E-state index in [-0.39, 0.29) is 0 Å². The third kappa shape index (κ3) is 3.18. The van der Waals surface area contributed by atoms with Crippen molar-refractivity contribution in [2.45, 2.75) is 26.4 Å². The fraction of sp³-hybridized carbons (Fsp3) is 0.286. The van der Waals surface area contributed by atoms with Gasteiger partial charge < -0.3 is 5.11 Å². The zero-order valence-corrected chi connectivity index (χ0v) is 12.3. The van der Waals surface area contributed by atoms with Crippen LogP contribution in [0.5, 0.6) is 0 Å². The summed E-state index contributed by atoms with van der Waals surface area (Å²) < 4.78 is 1.11. The molecule has 2 rings (SSSR count). The second-order valence-corrected chi connectivity index (χ2v) is 6.83. The number of aliphatic hydroxyl groups excluding tert-OH is 1. The highest BCUT2D eigenvalue weighted by Crippen LogP contribution is 2.28. The first-order chi connectivity index (χ1) is 8.06. The number of thiophene rings is 1. The second kappa shape index (κ2) is 5.34. The second-order valence-electron chi connectivity index (χ2n) is 4.29. The topological polar surface area (TPSA) is 20.2 Å². The van der Waals surface area contributed by atoms with Crippen molar-refractivity contribution in [1.82, 2.24) is 0 Å². The van der Waals surface area contributed by atoms with Crippen molar-refractivity contribution in [1.29, 1.82) is 0 Å². The van der Waals surface area contributed by atoms with E-state index in [0.717, 1.165) is 14.9 Å². The van der Waals surface area contributed by atoms with Crippen molar-refractivity contribution in [2.75, 3.05) is 0 Å². The van der Waals surface area contributed by atoms with E-state index >= 15 is 0 Å². The Morgan fingerprint density at radius 3 is 2.65 bits per heavy atom. The summed E-state index contributed by atoms with van der Waals surface area (Å²) in [6, 6.07) is 10.3. The third-order valence-electron chi connectivity index (χ3n) is 2.82. The van der Waals surface area contributed by atoms with E-state index in [1.54, 1.807) is 11.3 Å². The molecule has 0 saturated carbocycles. The molecular weight excluding hydrogens is 296 g/mol. The van der Waals surface area contributed by atoms with Crippen molar-refractivity contribution < 1.29 is 5.11 Å². The van der Waals surface area contributed by atoms with Gasteiger partial charge in [0.05, 0.1) is 9.89 Å². The number of aryl methyl sites for hydroxylation is 2. The minimum Gasteiger partial charge on any atom is -0.388 e. The molecule has 0 aliphatic carbocycles. The number of hydrogen-bond acceptors (Lipinski definition) is 2. The Balaban J connectivity index is 2.19. The molecule has 3 heteroatoms. The van der Waals surface area contributed by atoms with Gasteiger partial charge in [-0.1, -0.05) is 23.8 Å². The highest BCUT2D eigenvalue weighted by Gasteiger charge is 2.12. The van der Waals surface area contributed by atoms with Crippen molar-refractivity contribution >= 4 is 27.3 Å². The number of halogens is 1. The van der Waals surface area contributed by atoms with Gasteiger partial charge in [0.2, 0.25) is 0 Å². The Hall–Kier alpha value is -0.640. The van der Waals surface area contributed by atoms with Crippen molar-refractivity contribution in [3.8, 4) is 0 Å². The standard InChI is InChI=1S/C14H15BrOS/c1-9-3-4-10(2)12(7-9)13(16)8-11-5-6-14(15)17-11/h3-7,13,16H,8H2,1-2H3. The molecule has 1 N–H and O–H groups in total. The zero-order chi connectivity index (χ0) is 12.4. The Morgan fingerprint density at radius 2 is 2.00 bits per heavy atom. The molecule has 1 aromatic carbocycles. The van der Waals surface area contributed by atoms with Crippen LogP contribution in [0.2, 0.25) is 0 Å². The molecule has 1 nitrogen and oxygen atoms in total. The van der Waals surface area contributed by atoms with Gasteiger partial charge in [0.15, 0.2) is 0 Å². The fourth-order valence-electron chi connectivity index (χ4n) is 1.88. The van der Waals surface area contributed by atoms with Gasteiger partial charge >= 0.3 is 0 Å². The normalized spacial score (nSPS) is 12.7. The lowest BCUT2D eigenvalue weighted by molar-refractivity contribution is 0.178. The quantitative estimate of drug-likeness (QED) is 0.890. The predicted octanol–water partition coefficient (Wildman–Crippen LogP) is 4.40. The lowest BCUT2D eigenvalue weighted by Gasteiger charge is -2.13. The predicted molar refractivity (Wildman–Crippen MR) is 76.6 cm³/mol. The van der Waals surface area contributed by atoms with Gasteiger partial charge in [0.25, 0.3) is 0 Å². The van der Waals surface area contributed by atoms with Gasteiger partial charge in [-0.2, -0.15) is 0 Å². The molecule has 0 aliphatic rings. The van der Waals surface area contributed by atoms with E-state index in [0.29, 0.717) is 6.42 Å². The third-order valence-corrected chi connectivity index (χ3v) is 4.46. The number of rotatable bonds is 3. The van der Waals surface area contributed by atoms with E-state index < -0.39 is 6.10 Å². The lowest BCUT2D eigenvalue weighted by atomic mass is 9.98. The number of benzene rings is 1. The summed E-state index contributed by atoms with van der Waals surface area (Å²) in [5.41, 5.74) is 3.38. The summed E-state index contributed by atoms with van der Waals surface area (Å²) in [5.74, 6) is 0. The summed E-state index contributed by atoms with van der Waals surface area (Å²) in [6.45, 7) is 4.10. The lowest BCUT2D eigenvalue weighted by Crippen LogP contribution is -2.03. The SMILES string of the molecule is Cc1ccc(C)c(C(O)Cc2ccc(Br)s2)c1. The van der Waals surface area contributed by atoms with Gasteiger partial charge in [-0.25, -0.2) is 0 Å². The van der Waals surface area contributed by atoms with Crippen LogP contribution in [0.15, 0.2) is 34.1 Å². The summed E-state index contributed by atoms with van der Waals surface area (Å²) in [4.78, 5) is 1.20. The Bertz CT molecular complexity index is 519. The highest BCUT2D eigenvalue weighted by atomic mass is 79.9. The van der Waals surface area contributed by atoms with Crippen molar-refractivity contribution in [2.24, 2.45) is 0 Å². The summed E-state index contributed by atoms with van der Waals surface area (Å²) in [6.07, 6.45) is 0.265. The molecular formula is C14H15BrOS. The van der Waals surface area contributed by atoms with Crippen molar-refractivity contribution in [3.63, 3.8) is 0 Å². The molecule has 1 aromatic heterocycles. The van der Waals surface area contributed by atoms with E-state index in [1.165, 1.54) is 10.4 Å². The summed E-state index contributed by atoms with van der Waals surface area (Å²) >= 11 is 5.12. The van der Waals surface area contributed by atoms with Gasteiger partial charge in [-0.3, -0.25) is 0 Å². The maximum Gasteiger partial charge on any atom is 0.0840 e. The summed E-state index contributed by atoms with van der Waals surface area (Å²) in [7, 11) is 0. The first-order valence-electron chi connectivity index (χ1n) is 5.55. The van der Waals surface area contributed by atoms with Crippen LogP contribution in [0.3, 0.4) is 0 Å². The first kappa shape index (κ1) is 12.8. The molecule has 0 amide bonds. The van der Waals surface area contributed by atoms with Crippen LogP contribution < -0.4 is 0 Å². The van der Waals surface area contributed by atoms with E-state index in [1.807, 2.05) is 13.0 Å². The molecule has 1 unspecified atom stereocenters. The van der Waals surface area contributed by atoms with Crippen molar-refractivity contribution in [3.05, 3.63) is 55.7 Å². The van der Waals surface area contributed by atoms with Gasteiger partial charge in [-0.15, -0.1) is 11.3 Å². The molecule has 0 spiro atoms. The monoisotopic (exact) mass is 310 g/mol. The average Bonchev–Trinajstić information content (AvgIpc) is 2.67. The largest absolute Gasteiger partial charge is 0.388 e. The summed E-state index contributed by atoms with van der Waals surface area (Å²) in [5, 5.41) is 10.3. The van der Waals surface area contributed by atoms with Gasteiger partial charge in [0, 0.05) is 11.3 Å². The molecule has 0 fully saturated rings. The zero-order valence-electron chi connectivity index (χ0n) is 9.90. The Kier molecular flexibility index (Phi) is 4.02. The van der Waals surface area contributed by atoms with Crippen LogP contribution in [-0.2, 0) is 6.42 Å². The van der Waals surface area contributed by atoms with E-state index in [9.17, 15) is 5.11 Å². The average molecular weight is 311 g/mol. The number of aliphatic hydroxyl groups is 1. The van der Waals surface area contributed by atoms with Gasteiger partial charge in [-0.05, 0) is 53.0 Å². The minimum atomic E-state index is -0.416. The first-order valence-corrected chi connectivity index (χ1v) is 7.16. The Labute approximate surface area is 114 Å². The number of hydrogen-bond donors (Lipinski definition) is 1. The molecule has 90 valence electrons. The van der Waals surface area contributed by atoms with Crippen LogP contribution >= 0.6 is 27.3 Å². The molecule has 0 saturated heterocycles. The van der Waals surface area contributed by atoms with E-state index in [4.69, 9.17) is 0 Å². The van der Waals surface area contributed by atoms with Crippen LogP contribution in [0.4, 0.5) is 0 Å². The van der Waals surface area contributed by atoms with Crippen LogP contribution in [0.1, 0.15) is 27.7 Å². The smallest absolute Gasteiger partial charge is 0.0840 e. The molecule has 0 radical (unpaired) electrons. The maximum absolute atomic E-state index is 10.3. The molecule has 1 heterocycles. The van der Waals surface area contributed by atoms with E-state index in [2.05, 4.69) is 47.1 Å². The van der Waals surface area contributed by atoms with Crippen LogP contribution in [0.25, 0.3) is 0 Å². The maximum atomic E-state index is 10.3. The highest BCUT2D eigenvalue weighted by molar-refractivity contribution is 9.11. The molecule has 2 aromatic rings. The minimum absolute atomic E-state index is 0.416. The molecule has 0 bridgehead atoms. The van der Waals surface area contributed by atoms with Gasteiger partial charge in [0.1, 0.15) is 0 Å². The van der Waals surface area contributed by atoms with Crippen LogP contribution in [0, 0.1) is 13.8 Å². The molecule has 0 aliphatic heterocycles. The molecule has 17 heavy (non-hydrogen) atoms. The molecule has 1 atom stereocenters. The Morgan fingerprint density at radius 1 is 1.24 bits per heavy atom. The fourth-order valence-corrected chi connectivity index (χ4v) is 3.40.